The number of piperazine rings is 1. The molecule has 0 bridgehead atoms. The number of para-hydroxylation sites is 1. The van der Waals surface area contributed by atoms with Crippen molar-refractivity contribution < 1.29 is 9.84 Å². The highest BCUT2D eigenvalue weighted by molar-refractivity contribution is 5.20. The Bertz CT molecular complexity index is 312. The van der Waals surface area contributed by atoms with E-state index in [0.717, 1.165) is 31.9 Å². The van der Waals surface area contributed by atoms with Crippen molar-refractivity contribution in [2.45, 2.75) is 6.10 Å². The zero-order valence-electron chi connectivity index (χ0n) is 10.0. The SMILES string of the molecule is O[C@H](COc1ccccc1)CN1CCNCC1. The summed E-state index contributed by atoms with van der Waals surface area (Å²) in [5.74, 6) is 0.812. The molecule has 1 heterocycles. The van der Waals surface area contributed by atoms with Gasteiger partial charge in [-0.3, -0.25) is 4.90 Å². The highest BCUT2D eigenvalue weighted by Crippen LogP contribution is 2.08. The van der Waals surface area contributed by atoms with Crippen LogP contribution >= 0.6 is 0 Å². The van der Waals surface area contributed by atoms with Crippen LogP contribution in [0.2, 0.25) is 0 Å². The Morgan fingerprint density at radius 2 is 1.94 bits per heavy atom. The average Bonchev–Trinajstić information content (AvgIpc) is 2.39. The zero-order chi connectivity index (χ0) is 11.9. The van der Waals surface area contributed by atoms with E-state index < -0.39 is 6.10 Å². The molecule has 1 saturated heterocycles. The van der Waals surface area contributed by atoms with Crippen molar-refractivity contribution in [3.05, 3.63) is 30.3 Å². The summed E-state index contributed by atoms with van der Waals surface area (Å²) >= 11 is 0. The van der Waals surface area contributed by atoms with E-state index in [4.69, 9.17) is 4.74 Å². The van der Waals surface area contributed by atoms with Crippen LogP contribution in [0.25, 0.3) is 0 Å². The summed E-state index contributed by atoms with van der Waals surface area (Å²) in [6, 6.07) is 9.61. The summed E-state index contributed by atoms with van der Waals surface area (Å²) in [7, 11) is 0. The number of β-amino-alcohol motifs (C(OH)–C–C–N with tert-alkyl or cyclic N) is 1. The molecule has 0 unspecified atom stereocenters. The minimum Gasteiger partial charge on any atom is -0.491 e. The van der Waals surface area contributed by atoms with Crippen molar-refractivity contribution in [2.75, 3.05) is 39.3 Å². The van der Waals surface area contributed by atoms with Gasteiger partial charge in [0, 0.05) is 32.7 Å². The molecule has 0 spiro atoms. The summed E-state index contributed by atoms with van der Waals surface area (Å²) in [5.41, 5.74) is 0. The number of hydrogen-bond donors (Lipinski definition) is 2. The van der Waals surface area contributed by atoms with Crippen molar-refractivity contribution >= 4 is 0 Å². The molecule has 0 aromatic heterocycles. The second kappa shape index (κ2) is 6.59. The predicted molar refractivity (Wildman–Crippen MR) is 67.3 cm³/mol. The Hall–Kier alpha value is -1.10. The second-order valence-electron chi connectivity index (χ2n) is 4.33. The molecule has 2 N–H and O–H groups in total. The number of hydrogen-bond acceptors (Lipinski definition) is 4. The fourth-order valence-electron chi connectivity index (χ4n) is 1.95. The first-order valence-corrected chi connectivity index (χ1v) is 6.13. The Kier molecular flexibility index (Phi) is 4.79. The molecular formula is C13H20N2O2. The van der Waals surface area contributed by atoms with E-state index >= 15 is 0 Å². The summed E-state index contributed by atoms with van der Waals surface area (Å²) < 4.78 is 5.52. The highest BCUT2D eigenvalue weighted by atomic mass is 16.5. The number of aliphatic hydroxyl groups is 1. The summed E-state index contributed by atoms with van der Waals surface area (Å²) in [5, 5.41) is 13.2. The third-order valence-corrected chi connectivity index (χ3v) is 2.86. The van der Waals surface area contributed by atoms with Gasteiger partial charge in [0.25, 0.3) is 0 Å². The molecule has 1 atom stereocenters. The smallest absolute Gasteiger partial charge is 0.119 e. The molecule has 1 aliphatic heterocycles. The van der Waals surface area contributed by atoms with Gasteiger partial charge >= 0.3 is 0 Å². The lowest BCUT2D eigenvalue weighted by atomic mass is 10.3. The molecular weight excluding hydrogens is 216 g/mol. The van der Waals surface area contributed by atoms with Crippen molar-refractivity contribution in [3.8, 4) is 5.75 Å². The van der Waals surface area contributed by atoms with Crippen LogP contribution < -0.4 is 10.1 Å². The van der Waals surface area contributed by atoms with Crippen LogP contribution in [0.4, 0.5) is 0 Å². The molecule has 94 valence electrons. The van der Waals surface area contributed by atoms with E-state index in [1.807, 2.05) is 30.3 Å². The maximum Gasteiger partial charge on any atom is 0.119 e. The van der Waals surface area contributed by atoms with Gasteiger partial charge < -0.3 is 15.2 Å². The number of nitrogens with one attached hydrogen (secondary N) is 1. The first kappa shape index (κ1) is 12.4. The van der Waals surface area contributed by atoms with Crippen LogP contribution in [0.5, 0.6) is 5.75 Å². The fraction of sp³-hybridized carbons (Fsp3) is 0.538. The summed E-state index contributed by atoms with van der Waals surface area (Å²) in [6.45, 7) is 5.06. The van der Waals surface area contributed by atoms with Crippen LogP contribution in [-0.4, -0.2) is 55.4 Å². The minimum atomic E-state index is -0.423. The monoisotopic (exact) mass is 236 g/mol. The molecule has 2 rings (SSSR count). The largest absolute Gasteiger partial charge is 0.491 e. The maximum absolute atomic E-state index is 9.88. The Labute approximate surface area is 102 Å². The van der Waals surface area contributed by atoms with Gasteiger partial charge in [0.05, 0.1) is 0 Å². The third kappa shape index (κ3) is 4.34. The van der Waals surface area contributed by atoms with E-state index in [-0.39, 0.29) is 0 Å². The molecule has 4 heteroatoms. The third-order valence-electron chi connectivity index (χ3n) is 2.86. The quantitative estimate of drug-likeness (QED) is 0.773. The molecule has 1 aromatic carbocycles. The van der Waals surface area contributed by atoms with E-state index in [1.54, 1.807) is 0 Å². The number of rotatable bonds is 5. The molecule has 17 heavy (non-hydrogen) atoms. The van der Waals surface area contributed by atoms with Gasteiger partial charge in [-0.2, -0.15) is 0 Å². The molecule has 1 aromatic rings. The van der Waals surface area contributed by atoms with Gasteiger partial charge in [-0.05, 0) is 12.1 Å². The van der Waals surface area contributed by atoms with E-state index in [2.05, 4.69) is 10.2 Å². The first-order valence-electron chi connectivity index (χ1n) is 6.13. The Balaban J connectivity index is 1.68. The van der Waals surface area contributed by atoms with Gasteiger partial charge in [-0.25, -0.2) is 0 Å². The fourth-order valence-corrected chi connectivity index (χ4v) is 1.95. The van der Waals surface area contributed by atoms with Crippen LogP contribution in [0.1, 0.15) is 0 Å². The van der Waals surface area contributed by atoms with E-state index in [1.165, 1.54) is 0 Å². The van der Waals surface area contributed by atoms with Gasteiger partial charge in [0.1, 0.15) is 18.5 Å². The molecule has 0 aliphatic carbocycles. The molecule has 1 fully saturated rings. The lowest BCUT2D eigenvalue weighted by molar-refractivity contribution is 0.0641. The molecule has 4 nitrogen and oxygen atoms in total. The topological polar surface area (TPSA) is 44.7 Å². The van der Waals surface area contributed by atoms with Crippen LogP contribution in [-0.2, 0) is 0 Å². The van der Waals surface area contributed by atoms with Crippen LogP contribution in [0.15, 0.2) is 30.3 Å². The Morgan fingerprint density at radius 3 is 2.65 bits per heavy atom. The molecule has 0 amide bonds. The lowest BCUT2D eigenvalue weighted by Crippen LogP contribution is -2.47. The minimum absolute atomic E-state index is 0.355. The number of ether oxygens (including phenoxy) is 1. The average molecular weight is 236 g/mol. The van der Waals surface area contributed by atoms with Crippen molar-refractivity contribution in [1.29, 1.82) is 0 Å². The standard InChI is InChI=1S/C13H20N2O2/c16-12(10-15-8-6-14-7-9-15)11-17-13-4-2-1-3-5-13/h1-5,12,14,16H,6-11H2/t12-/m0/s1. The highest BCUT2D eigenvalue weighted by Gasteiger charge is 2.14. The van der Waals surface area contributed by atoms with Crippen LogP contribution in [0, 0.1) is 0 Å². The van der Waals surface area contributed by atoms with E-state index in [0.29, 0.717) is 13.2 Å². The number of benzene rings is 1. The molecule has 0 radical (unpaired) electrons. The molecule has 1 aliphatic rings. The summed E-state index contributed by atoms with van der Waals surface area (Å²) in [6.07, 6.45) is -0.423. The maximum atomic E-state index is 9.88. The number of aliphatic hydroxyl groups excluding tert-OH is 1. The zero-order valence-corrected chi connectivity index (χ0v) is 10.0. The molecule has 0 saturated carbocycles. The van der Waals surface area contributed by atoms with Gasteiger partial charge in [0.2, 0.25) is 0 Å². The second-order valence-corrected chi connectivity index (χ2v) is 4.33. The number of nitrogens with zero attached hydrogens (tertiary/aromatic N) is 1. The van der Waals surface area contributed by atoms with Crippen molar-refractivity contribution in [3.63, 3.8) is 0 Å². The summed E-state index contributed by atoms with van der Waals surface area (Å²) in [4.78, 5) is 2.26. The van der Waals surface area contributed by atoms with E-state index in [9.17, 15) is 5.11 Å². The first-order chi connectivity index (χ1) is 8.34. The van der Waals surface area contributed by atoms with Gasteiger partial charge in [-0.1, -0.05) is 18.2 Å². The van der Waals surface area contributed by atoms with Crippen LogP contribution in [0.3, 0.4) is 0 Å². The van der Waals surface area contributed by atoms with Gasteiger partial charge in [-0.15, -0.1) is 0 Å². The lowest BCUT2D eigenvalue weighted by Gasteiger charge is -2.28. The normalized spacial score (nSPS) is 18.9. The predicted octanol–water partition coefficient (Wildman–Crippen LogP) is 0.332. The van der Waals surface area contributed by atoms with Gasteiger partial charge in [0.15, 0.2) is 0 Å². The van der Waals surface area contributed by atoms with Crippen molar-refractivity contribution in [1.82, 2.24) is 10.2 Å². The van der Waals surface area contributed by atoms with Crippen molar-refractivity contribution in [2.24, 2.45) is 0 Å². The Morgan fingerprint density at radius 1 is 1.24 bits per heavy atom.